The number of methoxy groups -OCH3 is 1. The summed E-state index contributed by atoms with van der Waals surface area (Å²) in [6, 6.07) is 6.05. The molecule has 0 saturated carbocycles. The van der Waals surface area contributed by atoms with Crippen molar-refractivity contribution >= 4 is 5.91 Å². The number of amides is 1. The van der Waals surface area contributed by atoms with Gasteiger partial charge < -0.3 is 19.9 Å². The SMILES string of the molecule is COCCC1(C(N)=O)CCCN(Cc2ccc3c(c2)OCCO3)C1. The first-order chi connectivity index (χ1) is 11.6. The molecule has 2 heterocycles. The van der Waals surface area contributed by atoms with Gasteiger partial charge in [-0.2, -0.15) is 0 Å². The maximum Gasteiger partial charge on any atom is 0.225 e. The number of carbonyl (C=O) groups is 1. The summed E-state index contributed by atoms with van der Waals surface area (Å²) in [6.45, 7) is 4.16. The van der Waals surface area contributed by atoms with E-state index in [0.29, 0.717) is 32.8 Å². The van der Waals surface area contributed by atoms with E-state index in [1.54, 1.807) is 7.11 Å². The first-order valence-corrected chi connectivity index (χ1v) is 8.53. The Hall–Kier alpha value is -1.79. The molecule has 2 aliphatic heterocycles. The minimum Gasteiger partial charge on any atom is -0.486 e. The third kappa shape index (κ3) is 3.65. The molecule has 6 heteroatoms. The van der Waals surface area contributed by atoms with Crippen molar-refractivity contribution in [2.24, 2.45) is 11.1 Å². The van der Waals surface area contributed by atoms with Gasteiger partial charge in [0.2, 0.25) is 5.91 Å². The number of ether oxygens (including phenoxy) is 3. The molecule has 1 saturated heterocycles. The second-order valence-electron chi connectivity index (χ2n) is 6.68. The van der Waals surface area contributed by atoms with E-state index in [1.807, 2.05) is 12.1 Å². The van der Waals surface area contributed by atoms with Crippen LogP contribution in [0.3, 0.4) is 0 Å². The van der Waals surface area contributed by atoms with Gasteiger partial charge in [-0.15, -0.1) is 0 Å². The highest BCUT2D eigenvalue weighted by Crippen LogP contribution is 2.35. The van der Waals surface area contributed by atoms with E-state index in [-0.39, 0.29) is 5.91 Å². The van der Waals surface area contributed by atoms with Crippen LogP contribution in [0.15, 0.2) is 18.2 Å². The van der Waals surface area contributed by atoms with E-state index in [0.717, 1.165) is 43.0 Å². The summed E-state index contributed by atoms with van der Waals surface area (Å²) < 4.78 is 16.4. The van der Waals surface area contributed by atoms with E-state index in [2.05, 4.69) is 11.0 Å². The molecule has 1 unspecified atom stereocenters. The number of benzene rings is 1. The molecule has 24 heavy (non-hydrogen) atoms. The fourth-order valence-electron chi connectivity index (χ4n) is 3.63. The van der Waals surface area contributed by atoms with E-state index in [4.69, 9.17) is 19.9 Å². The highest BCUT2D eigenvalue weighted by molar-refractivity contribution is 5.81. The summed E-state index contributed by atoms with van der Waals surface area (Å²) in [5, 5.41) is 0. The molecule has 3 rings (SSSR count). The molecule has 1 aromatic carbocycles. The summed E-state index contributed by atoms with van der Waals surface area (Å²) in [5.74, 6) is 1.39. The van der Waals surface area contributed by atoms with E-state index >= 15 is 0 Å². The Morgan fingerprint density at radius 2 is 2.12 bits per heavy atom. The van der Waals surface area contributed by atoms with Crippen molar-refractivity contribution in [1.82, 2.24) is 4.90 Å². The second kappa shape index (κ2) is 7.40. The maximum absolute atomic E-state index is 12.1. The minimum atomic E-state index is -0.484. The van der Waals surface area contributed by atoms with Crippen LogP contribution in [-0.4, -0.2) is 50.8 Å². The van der Waals surface area contributed by atoms with Crippen LogP contribution in [0.25, 0.3) is 0 Å². The van der Waals surface area contributed by atoms with Gasteiger partial charge in [-0.25, -0.2) is 0 Å². The number of likely N-dealkylation sites (tertiary alicyclic amines) is 1. The summed E-state index contributed by atoms with van der Waals surface area (Å²) in [4.78, 5) is 14.4. The van der Waals surface area contributed by atoms with E-state index in [9.17, 15) is 4.79 Å². The zero-order valence-corrected chi connectivity index (χ0v) is 14.3. The molecule has 0 aromatic heterocycles. The van der Waals surface area contributed by atoms with Crippen molar-refractivity contribution in [3.05, 3.63) is 23.8 Å². The predicted molar refractivity (Wildman–Crippen MR) is 90.1 cm³/mol. The van der Waals surface area contributed by atoms with Crippen molar-refractivity contribution in [3.63, 3.8) is 0 Å². The van der Waals surface area contributed by atoms with Crippen LogP contribution in [0.4, 0.5) is 0 Å². The number of nitrogens with zero attached hydrogens (tertiary/aromatic N) is 1. The smallest absolute Gasteiger partial charge is 0.225 e. The molecule has 0 aliphatic carbocycles. The lowest BCUT2D eigenvalue weighted by atomic mass is 9.76. The number of piperidine rings is 1. The van der Waals surface area contributed by atoms with Gasteiger partial charge >= 0.3 is 0 Å². The largest absolute Gasteiger partial charge is 0.486 e. The maximum atomic E-state index is 12.1. The monoisotopic (exact) mass is 334 g/mol. The van der Waals surface area contributed by atoms with Crippen LogP contribution in [0, 0.1) is 5.41 Å². The Morgan fingerprint density at radius 3 is 2.88 bits per heavy atom. The van der Waals surface area contributed by atoms with Crippen LogP contribution in [0.1, 0.15) is 24.8 Å². The van der Waals surface area contributed by atoms with Crippen LogP contribution < -0.4 is 15.2 Å². The van der Waals surface area contributed by atoms with E-state index in [1.165, 1.54) is 0 Å². The first-order valence-electron chi connectivity index (χ1n) is 8.53. The number of hydrogen-bond donors (Lipinski definition) is 1. The molecule has 0 radical (unpaired) electrons. The fourth-order valence-corrected chi connectivity index (χ4v) is 3.63. The number of carbonyl (C=O) groups excluding carboxylic acids is 1. The molecule has 1 atom stereocenters. The Morgan fingerprint density at radius 1 is 1.33 bits per heavy atom. The van der Waals surface area contributed by atoms with Crippen molar-refractivity contribution in [1.29, 1.82) is 0 Å². The van der Waals surface area contributed by atoms with Crippen molar-refractivity contribution in [3.8, 4) is 11.5 Å². The highest BCUT2D eigenvalue weighted by Gasteiger charge is 2.40. The van der Waals surface area contributed by atoms with Gasteiger partial charge in [0, 0.05) is 26.8 Å². The van der Waals surface area contributed by atoms with Gasteiger partial charge in [0.15, 0.2) is 11.5 Å². The zero-order valence-electron chi connectivity index (χ0n) is 14.3. The lowest BCUT2D eigenvalue weighted by Crippen LogP contribution is -2.50. The Balaban J connectivity index is 1.69. The lowest BCUT2D eigenvalue weighted by molar-refractivity contribution is -0.132. The van der Waals surface area contributed by atoms with Crippen LogP contribution >= 0.6 is 0 Å². The summed E-state index contributed by atoms with van der Waals surface area (Å²) >= 11 is 0. The van der Waals surface area contributed by atoms with Crippen LogP contribution in [0.5, 0.6) is 11.5 Å². The van der Waals surface area contributed by atoms with Gasteiger partial charge in [-0.1, -0.05) is 6.07 Å². The van der Waals surface area contributed by atoms with Crippen molar-refractivity contribution < 1.29 is 19.0 Å². The topological polar surface area (TPSA) is 74.0 Å². The molecule has 1 fully saturated rings. The quantitative estimate of drug-likeness (QED) is 0.855. The standard InChI is InChI=1S/C18H26N2O4/c1-22-8-6-18(17(19)21)5-2-7-20(13-18)12-14-3-4-15-16(11-14)24-10-9-23-15/h3-4,11H,2,5-10,12-13H2,1H3,(H2,19,21). The van der Waals surface area contributed by atoms with Gasteiger partial charge in [-0.3, -0.25) is 9.69 Å². The predicted octanol–water partition coefficient (Wildman–Crippen LogP) is 1.56. The molecule has 2 N–H and O–H groups in total. The third-order valence-electron chi connectivity index (χ3n) is 4.98. The minimum absolute atomic E-state index is 0.216. The van der Waals surface area contributed by atoms with Gasteiger partial charge in [0.25, 0.3) is 0 Å². The number of primary amides is 1. The summed E-state index contributed by atoms with van der Waals surface area (Å²) in [5.41, 5.74) is 6.41. The summed E-state index contributed by atoms with van der Waals surface area (Å²) in [7, 11) is 1.66. The molecule has 1 amide bonds. The normalized spacial score (nSPS) is 23.9. The van der Waals surface area contributed by atoms with Crippen LogP contribution in [0.2, 0.25) is 0 Å². The van der Waals surface area contributed by atoms with Crippen LogP contribution in [-0.2, 0) is 16.1 Å². The second-order valence-corrected chi connectivity index (χ2v) is 6.68. The molecule has 1 aromatic rings. The first kappa shape index (κ1) is 17.0. The van der Waals surface area contributed by atoms with Crippen molar-refractivity contribution in [2.45, 2.75) is 25.8 Å². The Kier molecular flexibility index (Phi) is 5.26. The number of rotatable bonds is 6. The zero-order chi connectivity index (χ0) is 17.0. The molecule has 132 valence electrons. The van der Waals surface area contributed by atoms with Crippen molar-refractivity contribution in [2.75, 3.05) is 40.0 Å². The van der Waals surface area contributed by atoms with Gasteiger partial charge in [-0.05, 0) is 43.5 Å². The molecular formula is C18H26N2O4. The third-order valence-corrected chi connectivity index (χ3v) is 4.98. The molecule has 2 aliphatic rings. The van der Waals surface area contributed by atoms with E-state index < -0.39 is 5.41 Å². The molecular weight excluding hydrogens is 308 g/mol. The molecule has 0 bridgehead atoms. The van der Waals surface area contributed by atoms with Gasteiger partial charge in [0.1, 0.15) is 13.2 Å². The van der Waals surface area contributed by atoms with Gasteiger partial charge in [0.05, 0.1) is 5.41 Å². The number of fused-ring (bicyclic) bond motifs is 1. The lowest BCUT2D eigenvalue weighted by Gasteiger charge is -2.40. The average molecular weight is 334 g/mol. The highest BCUT2D eigenvalue weighted by atomic mass is 16.6. The average Bonchev–Trinajstić information content (AvgIpc) is 2.60. The number of nitrogens with two attached hydrogens (primary N) is 1. The molecule has 0 spiro atoms. The number of hydrogen-bond acceptors (Lipinski definition) is 5. The Labute approximate surface area is 142 Å². The molecule has 6 nitrogen and oxygen atoms in total. The Bertz CT molecular complexity index is 592. The summed E-state index contributed by atoms with van der Waals surface area (Å²) in [6.07, 6.45) is 2.48. The fraction of sp³-hybridized carbons (Fsp3) is 0.611.